The maximum absolute atomic E-state index is 13.8. The minimum atomic E-state index is -0.436. The van der Waals surface area contributed by atoms with Gasteiger partial charge in [-0.3, -0.25) is 9.69 Å². The standard InChI is InChI=1S/C14H17FN2O2/c1-10(2)17(9-14(18)19-3)8-12-5-4-11(7-16)6-13(12)15/h4-6,10H,8-9H2,1-3H3. The first-order valence-electron chi connectivity index (χ1n) is 5.97. The van der Waals surface area contributed by atoms with E-state index in [0.29, 0.717) is 12.1 Å². The Bertz CT molecular complexity index is 495. The zero-order valence-corrected chi connectivity index (χ0v) is 11.3. The van der Waals surface area contributed by atoms with E-state index in [4.69, 9.17) is 5.26 Å². The number of carbonyl (C=O) groups excluding carboxylic acids is 1. The number of methoxy groups -OCH3 is 1. The SMILES string of the molecule is COC(=O)CN(Cc1ccc(C#N)cc1F)C(C)C. The number of carbonyl (C=O) groups is 1. The molecular formula is C14H17FN2O2. The summed E-state index contributed by atoms with van der Waals surface area (Å²) in [4.78, 5) is 13.1. The highest BCUT2D eigenvalue weighted by Crippen LogP contribution is 2.14. The van der Waals surface area contributed by atoms with E-state index in [-0.39, 0.29) is 24.1 Å². The van der Waals surface area contributed by atoms with Crippen molar-refractivity contribution >= 4 is 5.97 Å². The van der Waals surface area contributed by atoms with E-state index in [1.54, 1.807) is 17.0 Å². The monoisotopic (exact) mass is 264 g/mol. The molecule has 4 nitrogen and oxygen atoms in total. The van der Waals surface area contributed by atoms with Gasteiger partial charge in [0.2, 0.25) is 0 Å². The Balaban J connectivity index is 2.85. The Morgan fingerprint density at radius 2 is 2.21 bits per heavy atom. The summed E-state index contributed by atoms with van der Waals surface area (Å²) in [5.41, 5.74) is 0.738. The van der Waals surface area contributed by atoms with Gasteiger partial charge in [0.15, 0.2) is 0 Å². The van der Waals surface area contributed by atoms with Crippen molar-refractivity contribution in [3.05, 3.63) is 35.1 Å². The highest BCUT2D eigenvalue weighted by atomic mass is 19.1. The van der Waals surface area contributed by atoms with Crippen LogP contribution < -0.4 is 0 Å². The van der Waals surface area contributed by atoms with Crippen molar-refractivity contribution in [3.8, 4) is 6.07 Å². The van der Waals surface area contributed by atoms with Crippen LogP contribution in [0.4, 0.5) is 4.39 Å². The van der Waals surface area contributed by atoms with E-state index in [1.165, 1.54) is 13.2 Å². The molecule has 0 bridgehead atoms. The lowest BCUT2D eigenvalue weighted by Crippen LogP contribution is -2.35. The Kier molecular flexibility index (Phi) is 5.46. The molecule has 1 rings (SSSR count). The van der Waals surface area contributed by atoms with Crippen molar-refractivity contribution in [3.63, 3.8) is 0 Å². The lowest BCUT2D eigenvalue weighted by molar-refractivity contribution is -0.142. The summed E-state index contributed by atoms with van der Waals surface area (Å²) in [6.07, 6.45) is 0. The third kappa shape index (κ3) is 4.34. The van der Waals surface area contributed by atoms with Gasteiger partial charge < -0.3 is 4.74 Å². The lowest BCUT2D eigenvalue weighted by Gasteiger charge is -2.25. The summed E-state index contributed by atoms with van der Waals surface area (Å²) in [5.74, 6) is -0.794. The van der Waals surface area contributed by atoms with Crippen LogP contribution in [-0.4, -0.2) is 30.6 Å². The molecule has 0 saturated heterocycles. The second kappa shape index (κ2) is 6.86. The number of esters is 1. The van der Waals surface area contributed by atoms with Crippen LogP contribution in [0.5, 0.6) is 0 Å². The zero-order chi connectivity index (χ0) is 14.4. The molecule has 1 aromatic rings. The molecule has 0 fully saturated rings. The van der Waals surface area contributed by atoms with E-state index in [1.807, 2.05) is 19.9 Å². The molecule has 0 aliphatic carbocycles. The molecule has 0 aliphatic heterocycles. The summed E-state index contributed by atoms with van der Waals surface area (Å²) in [5, 5.41) is 8.69. The van der Waals surface area contributed by atoms with E-state index < -0.39 is 5.82 Å². The summed E-state index contributed by atoms with van der Waals surface area (Å²) in [7, 11) is 1.32. The van der Waals surface area contributed by atoms with Gasteiger partial charge >= 0.3 is 5.97 Å². The van der Waals surface area contributed by atoms with Crippen LogP contribution >= 0.6 is 0 Å². The lowest BCUT2D eigenvalue weighted by atomic mass is 10.1. The van der Waals surface area contributed by atoms with Gasteiger partial charge in [0.05, 0.1) is 25.3 Å². The summed E-state index contributed by atoms with van der Waals surface area (Å²) >= 11 is 0. The number of benzene rings is 1. The fourth-order valence-corrected chi connectivity index (χ4v) is 1.62. The van der Waals surface area contributed by atoms with Gasteiger partial charge in [0.1, 0.15) is 5.82 Å². The molecule has 0 unspecified atom stereocenters. The molecule has 0 spiro atoms. The highest BCUT2D eigenvalue weighted by Gasteiger charge is 2.16. The number of nitriles is 1. The Labute approximate surface area is 112 Å². The van der Waals surface area contributed by atoms with Gasteiger partial charge in [0, 0.05) is 18.2 Å². The molecule has 0 saturated carbocycles. The smallest absolute Gasteiger partial charge is 0.319 e. The van der Waals surface area contributed by atoms with Crippen molar-refractivity contribution in [2.24, 2.45) is 0 Å². The van der Waals surface area contributed by atoms with Crippen LogP contribution in [0, 0.1) is 17.1 Å². The number of rotatable bonds is 5. The van der Waals surface area contributed by atoms with Crippen LogP contribution in [0.1, 0.15) is 25.0 Å². The molecule has 0 aromatic heterocycles. The second-order valence-corrected chi connectivity index (χ2v) is 4.49. The fourth-order valence-electron chi connectivity index (χ4n) is 1.62. The summed E-state index contributed by atoms with van der Waals surface area (Å²) in [6, 6.07) is 6.30. The van der Waals surface area contributed by atoms with Gasteiger partial charge in [-0.2, -0.15) is 5.26 Å². The molecule has 0 radical (unpaired) electrons. The number of hydrogen-bond acceptors (Lipinski definition) is 4. The van der Waals surface area contributed by atoms with E-state index in [0.717, 1.165) is 0 Å². The van der Waals surface area contributed by atoms with E-state index in [2.05, 4.69) is 4.74 Å². The topological polar surface area (TPSA) is 53.3 Å². The van der Waals surface area contributed by atoms with Crippen molar-refractivity contribution in [2.45, 2.75) is 26.4 Å². The molecule has 102 valence electrons. The summed E-state index contributed by atoms with van der Waals surface area (Å²) < 4.78 is 18.4. The fraction of sp³-hybridized carbons (Fsp3) is 0.429. The summed E-state index contributed by atoms with van der Waals surface area (Å²) in [6.45, 7) is 4.24. The van der Waals surface area contributed by atoms with Gasteiger partial charge in [0.25, 0.3) is 0 Å². The third-order valence-corrected chi connectivity index (χ3v) is 2.85. The number of hydrogen-bond donors (Lipinski definition) is 0. The van der Waals surface area contributed by atoms with Crippen LogP contribution in [0.2, 0.25) is 0 Å². The first kappa shape index (κ1) is 15.1. The largest absolute Gasteiger partial charge is 0.468 e. The third-order valence-electron chi connectivity index (χ3n) is 2.85. The molecular weight excluding hydrogens is 247 g/mol. The molecule has 0 atom stereocenters. The molecule has 0 amide bonds. The van der Waals surface area contributed by atoms with Crippen LogP contribution in [0.25, 0.3) is 0 Å². The zero-order valence-electron chi connectivity index (χ0n) is 11.3. The predicted molar refractivity (Wildman–Crippen MR) is 68.7 cm³/mol. The van der Waals surface area contributed by atoms with Crippen molar-refractivity contribution in [1.82, 2.24) is 4.90 Å². The van der Waals surface area contributed by atoms with Crippen molar-refractivity contribution < 1.29 is 13.9 Å². The van der Waals surface area contributed by atoms with E-state index >= 15 is 0 Å². The number of ether oxygens (including phenoxy) is 1. The van der Waals surface area contributed by atoms with Gasteiger partial charge in [-0.25, -0.2) is 4.39 Å². The predicted octanol–water partition coefficient (Wildman–Crippen LogP) is 2.08. The van der Waals surface area contributed by atoms with Gasteiger partial charge in [-0.15, -0.1) is 0 Å². The Hall–Kier alpha value is -1.93. The number of nitrogens with zero attached hydrogens (tertiary/aromatic N) is 2. The Morgan fingerprint density at radius 1 is 1.53 bits per heavy atom. The Morgan fingerprint density at radius 3 is 2.68 bits per heavy atom. The molecule has 0 heterocycles. The minimum absolute atomic E-state index is 0.0779. The highest BCUT2D eigenvalue weighted by molar-refractivity contribution is 5.71. The molecule has 0 N–H and O–H groups in total. The maximum atomic E-state index is 13.8. The first-order valence-corrected chi connectivity index (χ1v) is 5.97. The average Bonchev–Trinajstić information content (AvgIpc) is 2.39. The molecule has 1 aromatic carbocycles. The number of halogens is 1. The molecule has 5 heteroatoms. The maximum Gasteiger partial charge on any atom is 0.319 e. The first-order chi connectivity index (χ1) is 8.97. The van der Waals surface area contributed by atoms with Crippen LogP contribution in [-0.2, 0) is 16.1 Å². The normalized spacial score (nSPS) is 10.6. The quantitative estimate of drug-likeness (QED) is 0.764. The van der Waals surface area contributed by atoms with Gasteiger partial charge in [-0.1, -0.05) is 6.07 Å². The van der Waals surface area contributed by atoms with Gasteiger partial charge in [-0.05, 0) is 26.0 Å². The molecule has 0 aliphatic rings. The second-order valence-electron chi connectivity index (χ2n) is 4.49. The van der Waals surface area contributed by atoms with Crippen molar-refractivity contribution in [1.29, 1.82) is 5.26 Å². The minimum Gasteiger partial charge on any atom is -0.468 e. The van der Waals surface area contributed by atoms with Crippen molar-refractivity contribution in [2.75, 3.05) is 13.7 Å². The van der Waals surface area contributed by atoms with Crippen LogP contribution in [0.3, 0.4) is 0 Å². The molecule has 19 heavy (non-hydrogen) atoms. The van der Waals surface area contributed by atoms with E-state index in [9.17, 15) is 9.18 Å². The van der Waals surface area contributed by atoms with Crippen LogP contribution in [0.15, 0.2) is 18.2 Å². The average molecular weight is 264 g/mol.